The average molecular weight is 391 g/mol. The van der Waals surface area contributed by atoms with Gasteiger partial charge in [-0.2, -0.15) is 0 Å². The van der Waals surface area contributed by atoms with Crippen molar-refractivity contribution in [2.45, 2.75) is 32.8 Å². The Morgan fingerprint density at radius 1 is 0.714 bits per heavy atom. The second-order valence-corrected chi connectivity index (χ2v) is 11.5. The zero-order valence-electron chi connectivity index (χ0n) is 16.8. The average Bonchev–Trinajstić information content (AvgIpc) is 2.70. The summed E-state index contributed by atoms with van der Waals surface area (Å²) in [4.78, 5) is 12.6. The van der Waals surface area contributed by atoms with Crippen molar-refractivity contribution in [3.05, 3.63) is 91.0 Å². The molecule has 0 heterocycles. The predicted molar refractivity (Wildman–Crippen MR) is 120 cm³/mol. The highest BCUT2D eigenvalue weighted by molar-refractivity contribution is 7.95. The van der Waals surface area contributed by atoms with Crippen LogP contribution in [0.25, 0.3) is 0 Å². The summed E-state index contributed by atoms with van der Waals surface area (Å²) in [7, 11) is -1.97. The van der Waals surface area contributed by atoms with Gasteiger partial charge in [0.2, 0.25) is 0 Å². The van der Waals surface area contributed by atoms with Crippen LogP contribution in [0, 0.1) is 0 Å². The van der Waals surface area contributed by atoms with Crippen molar-refractivity contribution < 1.29 is 9.53 Å². The summed E-state index contributed by atoms with van der Waals surface area (Å²) in [6, 6.07) is 31.8. The molecule has 0 radical (unpaired) electrons. The van der Waals surface area contributed by atoms with E-state index in [4.69, 9.17) is 4.74 Å². The number of ether oxygens (including phenoxy) is 1. The predicted octanol–water partition coefficient (Wildman–Crippen LogP) is 4.71. The highest BCUT2D eigenvalue weighted by Crippen LogP contribution is 2.55. The molecule has 28 heavy (non-hydrogen) atoms. The molecule has 3 aromatic rings. The Bertz CT molecular complexity index is 787. The van der Waals surface area contributed by atoms with E-state index in [1.54, 1.807) is 0 Å². The van der Waals surface area contributed by atoms with E-state index in [-0.39, 0.29) is 5.97 Å². The first-order chi connectivity index (χ1) is 13.4. The Balaban J connectivity index is 2.10. The summed E-state index contributed by atoms with van der Waals surface area (Å²) in [5.41, 5.74) is -0.468. The topological polar surface area (TPSA) is 26.3 Å². The second-order valence-electron chi connectivity index (χ2n) is 7.88. The fourth-order valence-electron chi connectivity index (χ4n) is 3.53. The molecule has 0 aliphatic rings. The lowest BCUT2D eigenvalue weighted by Crippen LogP contribution is -2.34. The highest BCUT2D eigenvalue weighted by atomic mass is 31.2. The van der Waals surface area contributed by atoms with E-state index in [1.807, 2.05) is 39.0 Å². The lowest BCUT2D eigenvalue weighted by atomic mass is 10.2. The summed E-state index contributed by atoms with van der Waals surface area (Å²) in [5, 5.41) is 3.86. The van der Waals surface area contributed by atoms with Gasteiger partial charge in [0.15, 0.2) is 0 Å². The first-order valence-corrected chi connectivity index (χ1v) is 11.7. The van der Waals surface area contributed by atoms with Crippen molar-refractivity contribution in [2.75, 3.05) is 6.16 Å². The third-order valence-electron chi connectivity index (χ3n) is 4.66. The summed E-state index contributed by atoms with van der Waals surface area (Å²) in [6.45, 7) is 5.75. The van der Waals surface area contributed by atoms with E-state index in [2.05, 4.69) is 72.8 Å². The molecule has 0 aliphatic heterocycles. The molecule has 0 amide bonds. The summed E-state index contributed by atoms with van der Waals surface area (Å²) >= 11 is 0. The molecular weight excluding hydrogens is 363 g/mol. The number of benzene rings is 3. The molecule has 2 nitrogen and oxygen atoms in total. The van der Waals surface area contributed by atoms with Crippen LogP contribution in [0.1, 0.15) is 27.2 Å². The molecule has 0 N–H and O–H groups in total. The van der Waals surface area contributed by atoms with E-state index >= 15 is 0 Å². The number of hydrogen-bond acceptors (Lipinski definition) is 2. The molecule has 3 rings (SSSR count). The van der Waals surface area contributed by atoms with Crippen LogP contribution in [0.2, 0.25) is 0 Å². The molecule has 3 heteroatoms. The first-order valence-electron chi connectivity index (χ1n) is 9.69. The third kappa shape index (κ3) is 4.69. The smallest absolute Gasteiger partial charge is 0.310 e. The van der Waals surface area contributed by atoms with Crippen molar-refractivity contribution >= 4 is 29.1 Å². The molecule has 0 atom stereocenters. The van der Waals surface area contributed by atoms with Crippen molar-refractivity contribution in [2.24, 2.45) is 0 Å². The standard InChI is InChI=1S/C25H28O2P/c1-25(2,3)27-24(26)19-20-28(21-13-7-4-8-14-21,22-15-9-5-10-16-22)23-17-11-6-12-18-23/h4-18H,19-20H2,1-3H3/q+1. The lowest BCUT2D eigenvalue weighted by molar-refractivity contribution is -0.154. The summed E-state index contributed by atoms with van der Waals surface area (Å²) < 4.78 is 5.62. The molecular formula is C25H28O2P+. The maximum Gasteiger partial charge on any atom is 0.310 e. The van der Waals surface area contributed by atoms with E-state index in [0.717, 1.165) is 6.16 Å². The molecule has 3 aromatic carbocycles. The Morgan fingerprint density at radius 3 is 1.39 bits per heavy atom. The largest absolute Gasteiger partial charge is 0.460 e. The van der Waals surface area contributed by atoms with Crippen LogP contribution < -0.4 is 15.9 Å². The van der Waals surface area contributed by atoms with Gasteiger partial charge in [-0.15, -0.1) is 0 Å². The lowest BCUT2D eigenvalue weighted by Gasteiger charge is -2.28. The Hall–Kier alpha value is -2.44. The monoisotopic (exact) mass is 391 g/mol. The number of esters is 1. The van der Waals surface area contributed by atoms with Crippen molar-refractivity contribution in [3.8, 4) is 0 Å². The van der Waals surface area contributed by atoms with Gasteiger partial charge < -0.3 is 4.74 Å². The van der Waals surface area contributed by atoms with Gasteiger partial charge in [0.05, 0.1) is 12.6 Å². The van der Waals surface area contributed by atoms with Crippen LogP contribution in [0.3, 0.4) is 0 Å². The van der Waals surface area contributed by atoms with Gasteiger partial charge in [0.1, 0.15) is 28.8 Å². The molecule has 0 fully saturated rings. The fraction of sp³-hybridized carbons (Fsp3) is 0.240. The Labute approximate surface area is 168 Å². The van der Waals surface area contributed by atoms with Crippen LogP contribution in [0.15, 0.2) is 91.0 Å². The zero-order valence-corrected chi connectivity index (χ0v) is 17.7. The van der Waals surface area contributed by atoms with Crippen molar-refractivity contribution in [3.63, 3.8) is 0 Å². The first kappa shape index (κ1) is 20.3. The zero-order chi connectivity index (χ0) is 20.0. The SMILES string of the molecule is CC(C)(C)OC(=O)CC[P+](c1ccccc1)(c1ccccc1)c1ccccc1. The van der Waals surface area contributed by atoms with Crippen LogP contribution in [-0.4, -0.2) is 17.7 Å². The van der Waals surface area contributed by atoms with Gasteiger partial charge in [0.25, 0.3) is 0 Å². The van der Waals surface area contributed by atoms with Crippen molar-refractivity contribution in [1.82, 2.24) is 0 Å². The number of carbonyl (C=O) groups excluding carboxylic acids is 1. The van der Waals surface area contributed by atoms with Gasteiger partial charge in [-0.05, 0) is 57.2 Å². The van der Waals surface area contributed by atoms with E-state index < -0.39 is 12.9 Å². The molecule has 0 unspecified atom stereocenters. The molecule has 0 bridgehead atoms. The Kier molecular flexibility index (Phi) is 6.31. The fourth-order valence-corrected chi connectivity index (χ4v) is 7.76. The molecule has 0 spiro atoms. The van der Waals surface area contributed by atoms with Crippen LogP contribution in [0.5, 0.6) is 0 Å². The minimum atomic E-state index is -1.97. The van der Waals surface area contributed by atoms with Crippen LogP contribution >= 0.6 is 7.26 Å². The maximum atomic E-state index is 12.6. The van der Waals surface area contributed by atoms with Gasteiger partial charge in [-0.25, -0.2) is 0 Å². The molecule has 0 saturated carbocycles. The number of rotatable bonds is 6. The number of hydrogen-bond donors (Lipinski definition) is 0. The summed E-state index contributed by atoms with van der Waals surface area (Å²) in [6.07, 6.45) is 1.14. The highest BCUT2D eigenvalue weighted by Gasteiger charge is 2.45. The normalized spacial score (nSPS) is 11.8. The minimum Gasteiger partial charge on any atom is -0.460 e. The van der Waals surface area contributed by atoms with Gasteiger partial charge in [-0.3, -0.25) is 4.79 Å². The molecule has 144 valence electrons. The van der Waals surface area contributed by atoms with Gasteiger partial charge in [0, 0.05) is 0 Å². The van der Waals surface area contributed by atoms with E-state index in [1.165, 1.54) is 15.9 Å². The van der Waals surface area contributed by atoms with Crippen LogP contribution in [-0.2, 0) is 9.53 Å². The van der Waals surface area contributed by atoms with Crippen molar-refractivity contribution in [1.29, 1.82) is 0 Å². The van der Waals surface area contributed by atoms with Gasteiger partial charge >= 0.3 is 5.97 Å². The van der Waals surface area contributed by atoms with Gasteiger partial charge in [-0.1, -0.05) is 54.6 Å². The molecule has 0 aliphatic carbocycles. The minimum absolute atomic E-state index is 0.139. The molecule has 0 saturated heterocycles. The molecule has 0 aromatic heterocycles. The summed E-state index contributed by atoms with van der Waals surface area (Å²) in [5.74, 6) is -0.139. The van der Waals surface area contributed by atoms with E-state index in [9.17, 15) is 4.79 Å². The Morgan fingerprint density at radius 2 is 1.07 bits per heavy atom. The number of carbonyl (C=O) groups is 1. The van der Waals surface area contributed by atoms with Crippen LogP contribution in [0.4, 0.5) is 0 Å². The third-order valence-corrected chi connectivity index (χ3v) is 9.10. The quantitative estimate of drug-likeness (QED) is 0.449. The maximum absolute atomic E-state index is 12.6. The second kappa shape index (κ2) is 8.71. The van der Waals surface area contributed by atoms with E-state index in [0.29, 0.717) is 6.42 Å².